The van der Waals surface area contributed by atoms with Gasteiger partial charge in [-0.3, -0.25) is 9.20 Å². The van der Waals surface area contributed by atoms with Crippen LogP contribution in [0.25, 0.3) is 5.65 Å². The number of nitrogens with zero attached hydrogens (tertiary/aromatic N) is 4. The Morgan fingerprint density at radius 1 is 1.24 bits per heavy atom. The zero-order chi connectivity index (χ0) is 23.6. The third-order valence-corrected chi connectivity index (χ3v) is 5.74. The number of imidazole rings is 1. The van der Waals surface area contributed by atoms with Crippen molar-refractivity contribution in [3.63, 3.8) is 0 Å². The summed E-state index contributed by atoms with van der Waals surface area (Å²) in [6.07, 6.45) is -0.905. The van der Waals surface area contributed by atoms with Crippen LogP contribution in [0.3, 0.4) is 0 Å². The molecule has 33 heavy (non-hydrogen) atoms. The first-order chi connectivity index (χ1) is 15.8. The maximum absolute atomic E-state index is 13.5. The third-order valence-electron chi connectivity index (χ3n) is 5.74. The van der Waals surface area contributed by atoms with Crippen LogP contribution in [0.2, 0.25) is 0 Å². The van der Waals surface area contributed by atoms with Crippen LogP contribution >= 0.6 is 0 Å². The Labute approximate surface area is 189 Å². The summed E-state index contributed by atoms with van der Waals surface area (Å²) in [5.41, 5.74) is 1.62. The number of rotatable bonds is 6. The highest BCUT2D eigenvalue weighted by atomic mass is 19.4. The van der Waals surface area contributed by atoms with Crippen molar-refractivity contribution in [1.82, 2.24) is 14.4 Å². The summed E-state index contributed by atoms with van der Waals surface area (Å²) in [4.78, 5) is 23.3. The molecule has 0 N–H and O–H groups in total. The molecule has 7 nitrogen and oxygen atoms in total. The second kappa shape index (κ2) is 9.38. The highest BCUT2D eigenvalue weighted by Gasteiger charge is 2.33. The monoisotopic (exact) mass is 462 g/mol. The van der Waals surface area contributed by atoms with Crippen LogP contribution in [0, 0.1) is 6.92 Å². The van der Waals surface area contributed by atoms with E-state index < -0.39 is 17.7 Å². The third kappa shape index (κ3) is 4.95. The zero-order valence-corrected chi connectivity index (χ0v) is 18.5. The lowest BCUT2D eigenvalue weighted by molar-refractivity contribution is -0.142. The number of morpholine rings is 1. The van der Waals surface area contributed by atoms with Gasteiger partial charge in [0.1, 0.15) is 5.82 Å². The van der Waals surface area contributed by atoms with E-state index in [9.17, 15) is 18.0 Å². The molecule has 0 bridgehead atoms. The number of hydrogen-bond donors (Lipinski definition) is 0. The molecule has 3 aromatic rings. The van der Waals surface area contributed by atoms with Gasteiger partial charge in [-0.1, -0.05) is 12.1 Å². The Balaban J connectivity index is 1.79. The van der Waals surface area contributed by atoms with Crippen molar-refractivity contribution in [1.29, 1.82) is 0 Å². The van der Waals surface area contributed by atoms with E-state index in [4.69, 9.17) is 9.47 Å². The average molecular weight is 462 g/mol. The van der Waals surface area contributed by atoms with E-state index in [0.717, 1.165) is 6.07 Å². The van der Waals surface area contributed by atoms with Crippen molar-refractivity contribution in [2.45, 2.75) is 32.9 Å². The minimum atomic E-state index is -4.44. The van der Waals surface area contributed by atoms with Crippen molar-refractivity contribution in [3.8, 4) is 0 Å². The molecule has 0 amide bonds. The summed E-state index contributed by atoms with van der Waals surface area (Å²) in [5, 5.41) is 0. The average Bonchev–Trinajstić information content (AvgIpc) is 3.11. The van der Waals surface area contributed by atoms with Crippen LogP contribution < -0.4 is 4.90 Å². The van der Waals surface area contributed by atoms with Crippen LogP contribution in [-0.4, -0.2) is 53.2 Å². The lowest BCUT2D eigenvalue weighted by atomic mass is 9.97. The molecule has 1 aromatic carbocycles. The number of benzene rings is 1. The highest BCUT2D eigenvalue weighted by molar-refractivity contribution is 5.73. The maximum Gasteiger partial charge on any atom is 0.416 e. The summed E-state index contributed by atoms with van der Waals surface area (Å²) in [7, 11) is 0. The Morgan fingerprint density at radius 3 is 2.70 bits per heavy atom. The fourth-order valence-corrected chi connectivity index (χ4v) is 4.04. The normalized spacial score (nSPS) is 14.6. The van der Waals surface area contributed by atoms with E-state index in [2.05, 4.69) is 14.9 Å². The first kappa shape index (κ1) is 23.0. The largest absolute Gasteiger partial charge is 0.466 e. The van der Waals surface area contributed by atoms with Gasteiger partial charge in [0, 0.05) is 19.5 Å². The molecule has 176 valence electrons. The lowest BCUT2D eigenvalue weighted by Crippen LogP contribution is -2.36. The number of carbonyl (C=O) groups is 1. The predicted octanol–water partition coefficient (Wildman–Crippen LogP) is 3.59. The molecule has 0 spiro atoms. The van der Waals surface area contributed by atoms with Crippen LogP contribution in [0.4, 0.5) is 19.0 Å². The van der Waals surface area contributed by atoms with E-state index in [1.54, 1.807) is 19.2 Å². The first-order valence-corrected chi connectivity index (χ1v) is 10.8. The van der Waals surface area contributed by atoms with Gasteiger partial charge in [0.2, 0.25) is 0 Å². The number of hydrogen-bond acceptors (Lipinski definition) is 6. The van der Waals surface area contributed by atoms with Crippen molar-refractivity contribution in [3.05, 3.63) is 58.7 Å². The molecule has 0 unspecified atom stereocenters. The molecule has 3 heterocycles. The molecule has 1 saturated heterocycles. The topological polar surface area (TPSA) is 69.0 Å². The smallest absolute Gasteiger partial charge is 0.416 e. The molecule has 0 radical (unpaired) electrons. The van der Waals surface area contributed by atoms with Gasteiger partial charge in [-0.2, -0.15) is 13.2 Å². The van der Waals surface area contributed by atoms with E-state index >= 15 is 0 Å². The summed E-state index contributed by atoms with van der Waals surface area (Å²) in [5.74, 6) is 0.275. The summed E-state index contributed by atoms with van der Waals surface area (Å²) >= 11 is 0. The molecule has 4 rings (SSSR count). The summed E-state index contributed by atoms with van der Waals surface area (Å²) in [6, 6.07) is 4.15. The van der Waals surface area contributed by atoms with E-state index in [0.29, 0.717) is 54.7 Å². The molecule has 1 aliphatic heterocycles. The Bertz CT molecular complexity index is 1150. The number of fused-ring (bicyclic) bond motifs is 1. The Kier molecular flexibility index (Phi) is 6.55. The fraction of sp³-hybridized carbons (Fsp3) is 0.435. The van der Waals surface area contributed by atoms with Crippen molar-refractivity contribution in [2.24, 2.45) is 0 Å². The highest BCUT2D eigenvalue weighted by Crippen LogP contribution is 2.34. The molecule has 0 saturated carbocycles. The number of esters is 1. The van der Waals surface area contributed by atoms with Gasteiger partial charge in [0.25, 0.3) is 0 Å². The van der Waals surface area contributed by atoms with Gasteiger partial charge in [0.05, 0.1) is 55.6 Å². The Morgan fingerprint density at radius 2 is 2.00 bits per heavy atom. The lowest BCUT2D eigenvalue weighted by Gasteiger charge is -2.27. The van der Waals surface area contributed by atoms with Gasteiger partial charge in [0.15, 0.2) is 5.65 Å². The van der Waals surface area contributed by atoms with Crippen molar-refractivity contribution >= 4 is 17.4 Å². The van der Waals surface area contributed by atoms with Crippen LogP contribution in [0.15, 0.2) is 30.6 Å². The van der Waals surface area contributed by atoms with Crippen molar-refractivity contribution < 1.29 is 27.4 Å². The minimum absolute atomic E-state index is 0.0737. The molecular formula is C23H25F3N4O3. The zero-order valence-electron chi connectivity index (χ0n) is 18.5. The summed E-state index contributed by atoms with van der Waals surface area (Å²) in [6.45, 7) is 5.97. The molecule has 1 fully saturated rings. The maximum atomic E-state index is 13.5. The van der Waals surface area contributed by atoms with Crippen LogP contribution in [0.5, 0.6) is 0 Å². The second-order valence-electron chi connectivity index (χ2n) is 7.82. The SMILES string of the molecule is CCOC(=O)Cc1nc2cnc(N3CCOCC3)cn2c1Cc1cccc(C(F)(F)F)c1C. The van der Waals surface area contributed by atoms with Gasteiger partial charge < -0.3 is 14.4 Å². The van der Waals surface area contributed by atoms with Gasteiger partial charge in [-0.05, 0) is 31.0 Å². The van der Waals surface area contributed by atoms with Crippen LogP contribution in [-0.2, 0) is 33.3 Å². The van der Waals surface area contributed by atoms with Crippen LogP contribution in [0.1, 0.15) is 35.0 Å². The van der Waals surface area contributed by atoms with Crippen molar-refractivity contribution in [2.75, 3.05) is 37.8 Å². The predicted molar refractivity (Wildman–Crippen MR) is 115 cm³/mol. The van der Waals surface area contributed by atoms with Gasteiger partial charge in [-0.25, -0.2) is 9.97 Å². The molecule has 1 aliphatic rings. The van der Waals surface area contributed by atoms with Gasteiger partial charge in [-0.15, -0.1) is 0 Å². The standard InChI is InChI=1S/C23H25F3N4O3/c1-3-33-22(31)12-18-19(11-16-5-4-6-17(15(16)2)23(24,25)26)30-14-21(27-13-20(30)28-18)29-7-9-32-10-8-29/h4-6,13-14H,3,7-12H2,1-2H3. The number of carbonyl (C=O) groups excluding carboxylic acids is 1. The van der Waals surface area contributed by atoms with Gasteiger partial charge >= 0.3 is 12.1 Å². The molecule has 2 aromatic heterocycles. The second-order valence-corrected chi connectivity index (χ2v) is 7.82. The number of halogens is 3. The molecule has 0 atom stereocenters. The van der Waals surface area contributed by atoms with E-state index in [1.807, 2.05) is 10.6 Å². The minimum Gasteiger partial charge on any atom is -0.466 e. The number of anilines is 1. The molecule has 10 heteroatoms. The Hall–Kier alpha value is -3.14. The number of aromatic nitrogens is 3. The number of alkyl halides is 3. The molecule has 0 aliphatic carbocycles. The molecular weight excluding hydrogens is 437 g/mol. The summed E-state index contributed by atoms with van der Waals surface area (Å²) < 4.78 is 52.7. The van der Waals surface area contributed by atoms with E-state index in [1.165, 1.54) is 13.0 Å². The quantitative estimate of drug-likeness (QED) is 0.522. The fourth-order valence-electron chi connectivity index (χ4n) is 4.04. The number of ether oxygens (including phenoxy) is 2. The first-order valence-electron chi connectivity index (χ1n) is 10.8. The van der Waals surface area contributed by atoms with E-state index in [-0.39, 0.29) is 25.0 Å².